The molecule has 1 saturated heterocycles. The monoisotopic (exact) mass is 301 g/mol. The summed E-state index contributed by atoms with van der Waals surface area (Å²) < 4.78 is 5.32. The molecule has 0 aliphatic carbocycles. The fraction of sp³-hybridized carbons (Fsp3) is 0.471. The van der Waals surface area contributed by atoms with Gasteiger partial charge in [-0.25, -0.2) is 0 Å². The molecule has 0 spiro atoms. The maximum Gasteiger partial charge on any atom is 0.293 e. The van der Waals surface area contributed by atoms with E-state index in [1.807, 2.05) is 12.1 Å². The van der Waals surface area contributed by atoms with Gasteiger partial charge in [0.25, 0.3) is 6.47 Å². The zero-order valence-corrected chi connectivity index (χ0v) is 13.0. The highest BCUT2D eigenvalue weighted by Crippen LogP contribution is 2.17. The maximum absolute atomic E-state index is 10.8. The van der Waals surface area contributed by atoms with Crippen molar-refractivity contribution in [1.82, 2.24) is 14.8 Å². The van der Waals surface area contributed by atoms with Crippen molar-refractivity contribution in [2.24, 2.45) is 0 Å². The van der Waals surface area contributed by atoms with E-state index in [9.17, 15) is 4.79 Å². The Balaban J connectivity index is 1.64. The summed E-state index contributed by atoms with van der Waals surface area (Å²) >= 11 is 0. The van der Waals surface area contributed by atoms with E-state index in [0.29, 0.717) is 6.47 Å². The van der Waals surface area contributed by atoms with Gasteiger partial charge in [-0.05, 0) is 24.6 Å². The van der Waals surface area contributed by atoms with Crippen molar-refractivity contribution in [1.29, 1.82) is 0 Å². The first-order valence-corrected chi connectivity index (χ1v) is 7.81. The number of aromatic nitrogens is 1. The van der Waals surface area contributed by atoms with Gasteiger partial charge >= 0.3 is 0 Å². The largest absolute Gasteiger partial charge is 0.463 e. The number of aromatic amines is 1. The number of fused-ring (bicyclic) bond motifs is 1. The van der Waals surface area contributed by atoms with Gasteiger partial charge in [0, 0.05) is 50.4 Å². The zero-order chi connectivity index (χ0) is 15.4. The minimum absolute atomic E-state index is 0.103. The fourth-order valence-electron chi connectivity index (χ4n) is 3.04. The van der Waals surface area contributed by atoms with E-state index < -0.39 is 0 Å². The average molecular weight is 301 g/mol. The van der Waals surface area contributed by atoms with Crippen molar-refractivity contribution in [2.75, 3.05) is 39.8 Å². The molecule has 1 fully saturated rings. The Morgan fingerprint density at radius 1 is 1.27 bits per heavy atom. The van der Waals surface area contributed by atoms with Crippen LogP contribution < -0.4 is 0 Å². The van der Waals surface area contributed by atoms with Crippen LogP contribution in [0.15, 0.2) is 30.3 Å². The van der Waals surface area contributed by atoms with E-state index in [2.05, 4.69) is 40.0 Å². The summed E-state index contributed by atoms with van der Waals surface area (Å²) in [6.45, 7) is 5.57. The van der Waals surface area contributed by atoms with Crippen LogP contribution in [0.4, 0.5) is 0 Å². The molecule has 118 valence electrons. The lowest BCUT2D eigenvalue weighted by molar-refractivity contribution is -0.134. The molecule has 22 heavy (non-hydrogen) atoms. The second-order valence-corrected chi connectivity index (χ2v) is 6.04. The van der Waals surface area contributed by atoms with E-state index in [1.54, 1.807) is 0 Å². The third-order valence-corrected chi connectivity index (χ3v) is 4.34. The van der Waals surface area contributed by atoms with Gasteiger partial charge in [-0.1, -0.05) is 18.2 Å². The van der Waals surface area contributed by atoms with Crippen LogP contribution in [0.5, 0.6) is 0 Å². The molecule has 1 N–H and O–H groups in total. The second-order valence-electron chi connectivity index (χ2n) is 6.04. The molecule has 5 heteroatoms. The number of para-hydroxylation sites is 1. The molecule has 1 aliphatic rings. The average Bonchev–Trinajstić information content (AvgIpc) is 2.92. The first-order valence-electron chi connectivity index (χ1n) is 7.81. The first kappa shape index (κ1) is 15.1. The van der Waals surface area contributed by atoms with Crippen LogP contribution in [0.3, 0.4) is 0 Å². The van der Waals surface area contributed by atoms with E-state index in [4.69, 9.17) is 4.74 Å². The molecule has 1 atom stereocenters. The standard InChI is InChI=1S/C17H23N3O2/c1-19-6-8-20(9-7-19)12-16(22-13-21)11-15-10-14-4-2-3-5-17(14)18-15/h2-5,10,13,16,18H,6-9,11-12H2,1H3. The number of nitrogens with zero attached hydrogens (tertiary/aromatic N) is 2. The van der Waals surface area contributed by atoms with Gasteiger partial charge in [0.15, 0.2) is 0 Å². The second kappa shape index (κ2) is 6.94. The smallest absolute Gasteiger partial charge is 0.293 e. The number of carbonyl (C=O) groups excluding carboxylic acids is 1. The van der Waals surface area contributed by atoms with Gasteiger partial charge < -0.3 is 14.6 Å². The van der Waals surface area contributed by atoms with Crippen LogP contribution in [-0.4, -0.2) is 67.1 Å². The number of likely N-dealkylation sites (N-methyl/N-ethyl adjacent to an activating group) is 1. The molecular weight excluding hydrogens is 278 g/mol. The summed E-state index contributed by atoms with van der Waals surface area (Å²) in [5.74, 6) is 0. The molecule has 2 heterocycles. The van der Waals surface area contributed by atoms with Crippen molar-refractivity contribution >= 4 is 17.4 Å². The molecular formula is C17H23N3O2. The van der Waals surface area contributed by atoms with Gasteiger partial charge in [-0.3, -0.25) is 9.69 Å². The Labute approximate surface area is 130 Å². The normalized spacial score (nSPS) is 18.4. The van der Waals surface area contributed by atoms with Crippen molar-refractivity contribution in [3.63, 3.8) is 0 Å². The lowest BCUT2D eigenvalue weighted by atomic mass is 10.1. The van der Waals surface area contributed by atoms with Crippen LogP contribution in [0.25, 0.3) is 10.9 Å². The van der Waals surface area contributed by atoms with Gasteiger partial charge in [-0.15, -0.1) is 0 Å². The predicted octanol–water partition coefficient (Wildman–Crippen LogP) is 1.50. The molecule has 0 saturated carbocycles. The third-order valence-electron chi connectivity index (χ3n) is 4.34. The SMILES string of the molecule is CN1CCN(CC(Cc2cc3ccccc3[nH]2)OC=O)CC1. The molecule has 0 amide bonds. The summed E-state index contributed by atoms with van der Waals surface area (Å²) in [7, 11) is 2.14. The highest BCUT2D eigenvalue weighted by atomic mass is 16.5. The lowest BCUT2D eigenvalue weighted by Crippen LogP contribution is -2.47. The predicted molar refractivity (Wildman–Crippen MR) is 86.9 cm³/mol. The highest BCUT2D eigenvalue weighted by Gasteiger charge is 2.20. The van der Waals surface area contributed by atoms with Gasteiger partial charge in [0.1, 0.15) is 6.10 Å². The topological polar surface area (TPSA) is 48.6 Å². The van der Waals surface area contributed by atoms with Crippen LogP contribution in [0.1, 0.15) is 5.69 Å². The number of ether oxygens (including phenoxy) is 1. The Morgan fingerprint density at radius 3 is 2.77 bits per heavy atom. The van der Waals surface area contributed by atoms with Crippen LogP contribution in [0, 0.1) is 0 Å². The summed E-state index contributed by atoms with van der Waals surface area (Å²) in [5, 5.41) is 1.20. The number of nitrogens with one attached hydrogen (secondary N) is 1. The van der Waals surface area contributed by atoms with Crippen molar-refractivity contribution in [2.45, 2.75) is 12.5 Å². The third kappa shape index (κ3) is 3.67. The Morgan fingerprint density at radius 2 is 2.05 bits per heavy atom. The van der Waals surface area contributed by atoms with E-state index in [-0.39, 0.29) is 6.10 Å². The van der Waals surface area contributed by atoms with E-state index in [1.165, 1.54) is 5.39 Å². The Hall–Kier alpha value is -1.85. The first-order chi connectivity index (χ1) is 10.7. The Kier molecular flexibility index (Phi) is 4.75. The van der Waals surface area contributed by atoms with E-state index in [0.717, 1.165) is 50.4 Å². The number of piperazine rings is 1. The van der Waals surface area contributed by atoms with Crippen molar-refractivity contribution in [3.8, 4) is 0 Å². The summed E-state index contributed by atoms with van der Waals surface area (Å²) in [6.07, 6.45) is 0.619. The number of H-pyrrole nitrogens is 1. The van der Waals surface area contributed by atoms with Crippen LogP contribution in [0.2, 0.25) is 0 Å². The molecule has 1 aromatic carbocycles. The number of carbonyl (C=O) groups is 1. The number of benzene rings is 1. The zero-order valence-electron chi connectivity index (χ0n) is 13.0. The minimum Gasteiger partial charge on any atom is -0.463 e. The number of rotatable bonds is 6. The lowest BCUT2D eigenvalue weighted by Gasteiger charge is -2.34. The molecule has 1 aliphatic heterocycles. The molecule has 1 aromatic heterocycles. The minimum atomic E-state index is -0.103. The van der Waals surface area contributed by atoms with Gasteiger partial charge in [-0.2, -0.15) is 0 Å². The summed E-state index contributed by atoms with van der Waals surface area (Å²) in [4.78, 5) is 18.9. The Bertz CT molecular complexity index is 584. The molecule has 2 aromatic rings. The summed E-state index contributed by atoms with van der Waals surface area (Å²) in [6, 6.07) is 10.3. The van der Waals surface area contributed by atoms with Crippen LogP contribution >= 0.6 is 0 Å². The molecule has 0 radical (unpaired) electrons. The maximum atomic E-state index is 10.8. The highest BCUT2D eigenvalue weighted by molar-refractivity contribution is 5.80. The summed E-state index contributed by atoms with van der Waals surface area (Å²) in [5.41, 5.74) is 2.24. The van der Waals surface area contributed by atoms with Crippen molar-refractivity contribution in [3.05, 3.63) is 36.0 Å². The van der Waals surface area contributed by atoms with Gasteiger partial charge in [0.05, 0.1) is 0 Å². The van der Waals surface area contributed by atoms with E-state index >= 15 is 0 Å². The van der Waals surface area contributed by atoms with Crippen molar-refractivity contribution < 1.29 is 9.53 Å². The molecule has 1 unspecified atom stereocenters. The molecule has 0 bridgehead atoms. The number of hydrogen-bond acceptors (Lipinski definition) is 4. The quantitative estimate of drug-likeness (QED) is 0.822. The molecule has 3 rings (SSSR count). The fourth-order valence-corrected chi connectivity index (χ4v) is 3.04. The number of hydrogen-bond donors (Lipinski definition) is 1. The van der Waals surface area contributed by atoms with Gasteiger partial charge in [0.2, 0.25) is 0 Å². The van der Waals surface area contributed by atoms with Crippen LogP contribution in [-0.2, 0) is 16.0 Å². The molecule has 5 nitrogen and oxygen atoms in total.